The zero-order chi connectivity index (χ0) is 16.4. The Kier molecular flexibility index (Phi) is 3.67. The number of carbonyl (C=O) groups excluding carboxylic acids is 1. The van der Waals surface area contributed by atoms with Crippen molar-refractivity contribution < 1.29 is 4.79 Å². The number of hydrogen-bond acceptors (Lipinski definition) is 3. The van der Waals surface area contributed by atoms with Crippen LogP contribution < -0.4 is 5.43 Å². The number of nitrogens with zero attached hydrogens (tertiary/aromatic N) is 2. The highest BCUT2D eigenvalue weighted by Gasteiger charge is 2.13. The molecule has 0 atom stereocenters. The fourth-order valence-corrected chi connectivity index (χ4v) is 2.74. The molecule has 2 heterocycles. The van der Waals surface area contributed by atoms with Crippen molar-refractivity contribution in [3.05, 3.63) is 66.4 Å². The molecule has 5 heteroatoms. The standard InChI is InChI=1S/C19H16N4O/c24-18-11-10-16(22-23-18)13-6-8-14(9-7-13)17-12-20-19(21-17)15-4-2-1-3-5-15/h1-9,12H,10-11H2,(H,20,21)(H,23,24). The topological polar surface area (TPSA) is 70.1 Å². The Bertz CT molecular complexity index is 895. The van der Waals surface area contributed by atoms with Crippen LogP contribution in [0.3, 0.4) is 0 Å². The summed E-state index contributed by atoms with van der Waals surface area (Å²) >= 11 is 0. The molecule has 4 rings (SSSR count). The summed E-state index contributed by atoms with van der Waals surface area (Å²) in [6.07, 6.45) is 3.00. The summed E-state index contributed by atoms with van der Waals surface area (Å²) in [7, 11) is 0. The highest BCUT2D eigenvalue weighted by Crippen LogP contribution is 2.23. The molecular weight excluding hydrogens is 300 g/mol. The number of imidazole rings is 1. The van der Waals surface area contributed by atoms with Gasteiger partial charge in [0.05, 0.1) is 17.6 Å². The number of nitrogens with one attached hydrogen (secondary N) is 2. The molecule has 118 valence electrons. The Labute approximate surface area is 139 Å². The predicted molar refractivity (Wildman–Crippen MR) is 93.4 cm³/mol. The third-order valence-corrected chi connectivity index (χ3v) is 4.06. The second-order valence-electron chi connectivity index (χ2n) is 5.68. The Morgan fingerprint density at radius 1 is 0.833 bits per heavy atom. The quantitative estimate of drug-likeness (QED) is 0.778. The fraction of sp³-hybridized carbons (Fsp3) is 0.105. The van der Waals surface area contributed by atoms with Crippen molar-refractivity contribution in [3.8, 4) is 22.6 Å². The van der Waals surface area contributed by atoms with Crippen LogP contribution in [-0.2, 0) is 4.79 Å². The van der Waals surface area contributed by atoms with E-state index in [-0.39, 0.29) is 5.91 Å². The normalized spacial score (nSPS) is 14.2. The Hall–Kier alpha value is -3.21. The second kappa shape index (κ2) is 6.12. The molecule has 0 bridgehead atoms. The Balaban J connectivity index is 1.57. The van der Waals surface area contributed by atoms with Crippen molar-refractivity contribution in [3.63, 3.8) is 0 Å². The molecular formula is C19H16N4O. The first-order valence-electron chi connectivity index (χ1n) is 7.86. The van der Waals surface area contributed by atoms with Crippen LogP contribution in [0, 0.1) is 0 Å². The van der Waals surface area contributed by atoms with Crippen molar-refractivity contribution in [2.45, 2.75) is 12.8 Å². The average Bonchev–Trinajstić information content (AvgIpc) is 3.13. The summed E-state index contributed by atoms with van der Waals surface area (Å²) in [5.74, 6) is 0.829. The Morgan fingerprint density at radius 2 is 1.58 bits per heavy atom. The van der Waals surface area contributed by atoms with E-state index in [9.17, 15) is 4.79 Å². The SMILES string of the molecule is O=C1CCC(c2ccc(-c3cnc(-c4ccccc4)[nH]3)cc2)=NN1. The molecule has 0 saturated carbocycles. The molecule has 0 unspecified atom stereocenters. The molecule has 1 aliphatic heterocycles. The smallest absolute Gasteiger partial charge is 0.240 e. The van der Waals surface area contributed by atoms with Gasteiger partial charge in [0, 0.05) is 18.4 Å². The van der Waals surface area contributed by atoms with Crippen LogP contribution in [-0.4, -0.2) is 21.6 Å². The summed E-state index contributed by atoms with van der Waals surface area (Å²) in [5.41, 5.74) is 7.57. The van der Waals surface area contributed by atoms with Crippen LogP contribution in [0.25, 0.3) is 22.6 Å². The maximum absolute atomic E-state index is 11.2. The van der Waals surface area contributed by atoms with Gasteiger partial charge in [-0.1, -0.05) is 54.6 Å². The lowest BCUT2D eigenvalue weighted by molar-refractivity contribution is -0.121. The van der Waals surface area contributed by atoms with Crippen LogP contribution in [0.1, 0.15) is 18.4 Å². The van der Waals surface area contributed by atoms with Crippen molar-refractivity contribution in [2.24, 2.45) is 5.10 Å². The van der Waals surface area contributed by atoms with Gasteiger partial charge in [-0.15, -0.1) is 0 Å². The van der Waals surface area contributed by atoms with E-state index in [1.54, 1.807) is 0 Å². The summed E-state index contributed by atoms with van der Waals surface area (Å²) in [6, 6.07) is 18.2. The zero-order valence-corrected chi connectivity index (χ0v) is 13.0. The fourth-order valence-electron chi connectivity index (χ4n) is 2.74. The van der Waals surface area contributed by atoms with E-state index < -0.39 is 0 Å². The molecule has 3 aromatic rings. The number of aromatic nitrogens is 2. The number of hydrazone groups is 1. The third-order valence-electron chi connectivity index (χ3n) is 4.06. The van der Waals surface area contributed by atoms with E-state index in [2.05, 4.69) is 20.5 Å². The van der Waals surface area contributed by atoms with Gasteiger partial charge in [0.15, 0.2) is 0 Å². The summed E-state index contributed by atoms with van der Waals surface area (Å²) < 4.78 is 0. The Morgan fingerprint density at radius 3 is 2.29 bits per heavy atom. The molecule has 1 amide bonds. The highest BCUT2D eigenvalue weighted by molar-refractivity contribution is 6.04. The first-order valence-corrected chi connectivity index (χ1v) is 7.86. The second-order valence-corrected chi connectivity index (χ2v) is 5.68. The maximum Gasteiger partial charge on any atom is 0.240 e. The summed E-state index contributed by atoms with van der Waals surface area (Å²) in [6.45, 7) is 0. The molecule has 2 N–H and O–H groups in total. The lowest BCUT2D eigenvalue weighted by Crippen LogP contribution is -2.25. The molecule has 2 aromatic carbocycles. The highest BCUT2D eigenvalue weighted by atomic mass is 16.2. The van der Waals surface area contributed by atoms with Crippen LogP contribution >= 0.6 is 0 Å². The van der Waals surface area contributed by atoms with Gasteiger partial charge in [-0.25, -0.2) is 10.4 Å². The van der Waals surface area contributed by atoms with Gasteiger partial charge in [0.25, 0.3) is 0 Å². The molecule has 0 fully saturated rings. The third kappa shape index (κ3) is 2.84. The monoisotopic (exact) mass is 316 g/mol. The number of rotatable bonds is 3. The summed E-state index contributed by atoms with van der Waals surface area (Å²) in [5, 5.41) is 4.12. The number of aromatic amines is 1. The van der Waals surface area contributed by atoms with Crippen molar-refractivity contribution in [1.29, 1.82) is 0 Å². The molecule has 0 spiro atoms. The molecule has 0 saturated heterocycles. The zero-order valence-electron chi connectivity index (χ0n) is 13.0. The predicted octanol–water partition coefficient (Wildman–Crippen LogP) is 3.36. The molecule has 5 nitrogen and oxygen atoms in total. The van der Waals surface area contributed by atoms with Gasteiger partial charge >= 0.3 is 0 Å². The number of H-pyrrole nitrogens is 1. The lowest BCUT2D eigenvalue weighted by Gasteiger charge is -2.12. The van der Waals surface area contributed by atoms with Crippen LogP contribution in [0.5, 0.6) is 0 Å². The average molecular weight is 316 g/mol. The molecule has 0 radical (unpaired) electrons. The van der Waals surface area contributed by atoms with Crippen LogP contribution in [0.15, 0.2) is 65.9 Å². The number of hydrogen-bond donors (Lipinski definition) is 2. The van der Waals surface area contributed by atoms with Gasteiger partial charge in [-0.05, 0) is 11.1 Å². The molecule has 24 heavy (non-hydrogen) atoms. The van der Waals surface area contributed by atoms with E-state index in [4.69, 9.17) is 0 Å². The summed E-state index contributed by atoms with van der Waals surface area (Å²) in [4.78, 5) is 19.0. The minimum Gasteiger partial charge on any atom is -0.338 e. The van der Waals surface area contributed by atoms with Gasteiger partial charge in [-0.2, -0.15) is 5.10 Å². The number of amides is 1. The largest absolute Gasteiger partial charge is 0.338 e. The van der Waals surface area contributed by atoms with E-state index in [0.29, 0.717) is 12.8 Å². The lowest BCUT2D eigenvalue weighted by atomic mass is 10.0. The number of carbonyl (C=O) groups is 1. The van der Waals surface area contributed by atoms with E-state index >= 15 is 0 Å². The molecule has 1 aliphatic rings. The number of benzene rings is 2. The van der Waals surface area contributed by atoms with Crippen molar-refractivity contribution in [1.82, 2.24) is 15.4 Å². The van der Waals surface area contributed by atoms with Gasteiger partial charge in [0.2, 0.25) is 5.91 Å². The minimum absolute atomic E-state index is 0.0266. The molecule has 0 aliphatic carbocycles. The van der Waals surface area contributed by atoms with E-state index in [1.807, 2.05) is 60.8 Å². The van der Waals surface area contributed by atoms with Gasteiger partial charge in [0.1, 0.15) is 5.82 Å². The van der Waals surface area contributed by atoms with Crippen LogP contribution in [0.4, 0.5) is 0 Å². The van der Waals surface area contributed by atoms with Crippen molar-refractivity contribution in [2.75, 3.05) is 0 Å². The van der Waals surface area contributed by atoms with E-state index in [0.717, 1.165) is 33.9 Å². The van der Waals surface area contributed by atoms with Gasteiger partial charge < -0.3 is 4.98 Å². The first-order chi connectivity index (χ1) is 11.8. The maximum atomic E-state index is 11.2. The van der Waals surface area contributed by atoms with Crippen molar-refractivity contribution >= 4 is 11.6 Å². The first kappa shape index (κ1) is 14.4. The van der Waals surface area contributed by atoms with E-state index in [1.165, 1.54) is 0 Å². The molecule has 1 aromatic heterocycles. The minimum atomic E-state index is -0.0266. The van der Waals surface area contributed by atoms with Crippen LogP contribution in [0.2, 0.25) is 0 Å². The van der Waals surface area contributed by atoms with Gasteiger partial charge in [-0.3, -0.25) is 4.79 Å².